The quantitative estimate of drug-likeness (QED) is 0.873. The van der Waals surface area contributed by atoms with E-state index in [2.05, 4.69) is 27.3 Å². The highest BCUT2D eigenvalue weighted by Crippen LogP contribution is 2.48. The molecule has 3 rings (SSSR count). The fraction of sp³-hybridized carbons (Fsp3) is 0.467. The van der Waals surface area contributed by atoms with Gasteiger partial charge in [0.2, 0.25) is 5.91 Å². The first-order valence-electron chi connectivity index (χ1n) is 6.86. The molecule has 0 radical (unpaired) electrons. The van der Waals surface area contributed by atoms with E-state index in [9.17, 15) is 4.79 Å². The van der Waals surface area contributed by atoms with E-state index >= 15 is 0 Å². The van der Waals surface area contributed by atoms with Gasteiger partial charge >= 0.3 is 0 Å². The van der Waals surface area contributed by atoms with Crippen LogP contribution in [0.5, 0.6) is 0 Å². The molecule has 4 atom stereocenters. The topological polar surface area (TPSA) is 78.9 Å². The van der Waals surface area contributed by atoms with E-state index in [0.29, 0.717) is 23.1 Å². The van der Waals surface area contributed by atoms with Crippen molar-refractivity contribution in [2.24, 2.45) is 23.5 Å². The van der Waals surface area contributed by atoms with Gasteiger partial charge in [-0.2, -0.15) is 5.26 Å². The summed E-state index contributed by atoms with van der Waals surface area (Å²) >= 11 is 3.32. The number of nitrogens with zero attached hydrogens (tertiary/aromatic N) is 1. The minimum absolute atomic E-state index is 0.0327. The Labute approximate surface area is 126 Å². The summed E-state index contributed by atoms with van der Waals surface area (Å²) in [7, 11) is 0. The number of benzene rings is 1. The number of anilines is 1. The van der Waals surface area contributed by atoms with Gasteiger partial charge in [-0.25, -0.2) is 0 Å². The largest absolute Gasteiger partial charge is 0.327 e. The van der Waals surface area contributed by atoms with Crippen LogP contribution < -0.4 is 11.1 Å². The van der Waals surface area contributed by atoms with Crippen LogP contribution in [0.15, 0.2) is 22.7 Å². The molecular formula is C15H16BrN3O. The van der Waals surface area contributed by atoms with Gasteiger partial charge in [0.15, 0.2) is 0 Å². The molecule has 2 saturated carbocycles. The van der Waals surface area contributed by atoms with Crippen LogP contribution >= 0.6 is 15.9 Å². The van der Waals surface area contributed by atoms with Gasteiger partial charge in [-0.3, -0.25) is 4.79 Å². The number of fused-ring (bicyclic) bond motifs is 2. The molecule has 4 unspecified atom stereocenters. The molecule has 1 aromatic carbocycles. The van der Waals surface area contributed by atoms with Gasteiger partial charge in [0.1, 0.15) is 6.07 Å². The Kier molecular flexibility index (Phi) is 3.53. The predicted molar refractivity (Wildman–Crippen MR) is 79.8 cm³/mol. The molecule has 0 spiro atoms. The van der Waals surface area contributed by atoms with Gasteiger partial charge in [0.05, 0.1) is 17.2 Å². The minimum atomic E-state index is -0.107. The smallest absolute Gasteiger partial charge is 0.229 e. The van der Waals surface area contributed by atoms with Crippen LogP contribution in [0.1, 0.15) is 24.8 Å². The maximum Gasteiger partial charge on any atom is 0.229 e. The molecule has 3 N–H and O–H groups in total. The highest BCUT2D eigenvalue weighted by Gasteiger charge is 2.49. The van der Waals surface area contributed by atoms with Crippen molar-refractivity contribution >= 4 is 27.5 Å². The molecule has 2 fully saturated rings. The number of nitrogens with two attached hydrogens (primary N) is 1. The van der Waals surface area contributed by atoms with Gasteiger partial charge in [0.25, 0.3) is 0 Å². The number of hydrogen-bond donors (Lipinski definition) is 2. The molecule has 20 heavy (non-hydrogen) atoms. The van der Waals surface area contributed by atoms with E-state index < -0.39 is 0 Å². The van der Waals surface area contributed by atoms with Crippen LogP contribution in [0.25, 0.3) is 0 Å². The lowest BCUT2D eigenvalue weighted by Gasteiger charge is -2.27. The summed E-state index contributed by atoms with van der Waals surface area (Å²) in [6.45, 7) is 0. The van der Waals surface area contributed by atoms with Crippen molar-refractivity contribution in [1.29, 1.82) is 5.26 Å². The highest BCUT2D eigenvalue weighted by molar-refractivity contribution is 9.10. The zero-order valence-corrected chi connectivity index (χ0v) is 12.6. The van der Waals surface area contributed by atoms with Crippen molar-refractivity contribution in [1.82, 2.24) is 0 Å². The average molecular weight is 334 g/mol. The van der Waals surface area contributed by atoms with Crippen LogP contribution in [-0.2, 0) is 4.79 Å². The lowest BCUT2D eigenvalue weighted by atomic mass is 9.84. The Balaban J connectivity index is 1.79. The Bertz CT molecular complexity index is 593. The van der Waals surface area contributed by atoms with Crippen LogP contribution in [0.3, 0.4) is 0 Å². The number of carbonyl (C=O) groups is 1. The number of halogens is 1. The van der Waals surface area contributed by atoms with Gasteiger partial charge in [0, 0.05) is 10.5 Å². The molecule has 4 nitrogen and oxygen atoms in total. The summed E-state index contributed by atoms with van der Waals surface area (Å²) in [5.74, 6) is 0.763. The number of nitriles is 1. The monoisotopic (exact) mass is 333 g/mol. The van der Waals surface area contributed by atoms with Gasteiger partial charge in [-0.1, -0.05) is 15.9 Å². The van der Waals surface area contributed by atoms with Crippen LogP contribution in [0, 0.1) is 29.1 Å². The molecule has 2 bridgehead atoms. The minimum Gasteiger partial charge on any atom is -0.327 e. The van der Waals surface area contributed by atoms with E-state index in [4.69, 9.17) is 11.0 Å². The molecule has 1 aromatic rings. The Hall–Kier alpha value is -1.38. The van der Waals surface area contributed by atoms with Crippen molar-refractivity contribution < 1.29 is 4.79 Å². The van der Waals surface area contributed by atoms with Crippen molar-refractivity contribution in [2.75, 3.05) is 5.32 Å². The maximum atomic E-state index is 12.5. The fourth-order valence-electron chi connectivity index (χ4n) is 3.66. The second-order valence-electron chi connectivity index (χ2n) is 5.73. The molecule has 0 saturated heterocycles. The molecule has 2 aliphatic carbocycles. The normalized spacial score (nSPS) is 31.1. The summed E-state index contributed by atoms with van der Waals surface area (Å²) in [4.78, 5) is 12.5. The maximum absolute atomic E-state index is 12.5. The van der Waals surface area contributed by atoms with E-state index in [1.807, 2.05) is 6.07 Å². The van der Waals surface area contributed by atoms with Gasteiger partial charge in [-0.05, 0) is 49.3 Å². The molecule has 0 aromatic heterocycles. The zero-order chi connectivity index (χ0) is 14.3. The Morgan fingerprint density at radius 1 is 1.40 bits per heavy atom. The number of nitrogens with one attached hydrogen (secondary N) is 1. The van der Waals surface area contributed by atoms with Crippen molar-refractivity contribution in [3.05, 3.63) is 28.2 Å². The lowest BCUT2D eigenvalue weighted by molar-refractivity contribution is -0.121. The first kappa shape index (κ1) is 13.6. The molecule has 2 aliphatic rings. The number of hydrogen-bond acceptors (Lipinski definition) is 3. The summed E-state index contributed by atoms with van der Waals surface area (Å²) in [6.07, 6.45) is 3.32. The van der Waals surface area contributed by atoms with E-state index in [1.165, 1.54) is 0 Å². The third kappa shape index (κ3) is 2.23. The van der Waals surface area contributed by atoms with E-state index in [0.717, 1.165) is 23.7 Å². The van der Waals surface area contributed by atoms with E-state index in [-0.39, 0.29) is 17.9 Å². The summed E-state index contributed by atoms with van der Waals surface area (Å²) < 4.78 is 0.823. The van der Waals surface area contributed by atoms with Crippen molar-refractivity contribution in [3.8, 4) is 6.07 Å². The van der Waals surface area contributed by atoms with Crippen LogP contribution in [0.2, 0.25) is 0 Å². The second kappa shape index (κ2) is 5.19. The third-order valence-corrected chi connectivity index (χ3v) is 5.14. The lowest BCUT2D eigenvalue weighted by Crippen LogP contribution is -2.42. The highest BCUT2D eigenvalue weighted by atomic mass is 79.9. The third-order valence-electron chi connectivity index (χ3n) is 4.64. The zero-order valence-electron chi connectivity index (χ0n) is 11.0. The number of amides is 1. The van der Waals surface area contributed by atoms with E-state index in [1.54, 1.807) is 12.1 Å². The summed E-state index contributed by atoms with van der Waals surface area (Å²) in [5, 5.41) is 12.0. The number of rotatable bonds is 2. The Morgan fingerprint density at radius 2 is 2.15 bits per heavy atom. The standard InChI is InChI=1S/C15H16BrN3O/c16-11-3-4-12(10(6-11)7-17)19-15(20)13-8-1-2-9(5-8)14(13)18/h3-4,6,8-9,13-14H,1-2,5,18H2,(H,19,20). The molecule has 0 heterocycles. The molecule has 104 valence electrons. The SMILES string of the molecule is N#Cc1cc(Br)ccc1NC(=O)C1C2CCC(C2)C1N. The summed E-state index contributed by atoms with van der Waals surface area (Å²) in [5.41, 5.74) is 7.21. The van der Waals surface area contributed by atoms with Gasteiger partial charge in [-0.15, -0.1) is 0 Å². The summed E-state index contributed by atoms with van der Waals surface area (Å²) in [6, 6.07) is 7.34. The number of carbonyl (C=O) groups excluding carboxylic acids is 1. The first-order chi connectivity index (χ1) is 9.60. The molecular weight excluding hydrogens is 318 g/mol. The second-order valence-corrected chi connectivity index (χ2v) is 6.64. The predicted octanol–water partition coefficient (Wildman–Crippen LogP) is 2.63. The van der Waals surface area contributed by atoms with Crippen LogP contribution in [0.4, 0.5) is 5.69 Å². The average Bonchev–Trinajstić information content (AvgIpc) is 3.01. The molecule has 0 aliphatic heterocycles. The molecule has 1 amide bonds. The Morgan fingerprint density at radius 3 is 2.80 bits per heavy atom. The molecule has 5 heteroatoms. The first-order valence-corrected chi connectivity index (χ1v) is 7.65. The van der Waals surface area contributed by atoms with Crippen molar-refractivity contribution in [3.63, 3.8) is 0 Å². The fourth-order valence-corrected chi connectivity index (χ4v) is 4.02. The van der Waals surface area contributed by atoms with Crippen molar-refractivity contribution in [2.45, 2.75) is 25.3 Å². The van der Waals surface area contributed by atoms with Gasteiger partial charge < -0.3 is 11.1 Å². The van der Waals surface area contributed by atoms with Crippen LogP contribution in [-0.4, -0.2) is 11.9 Å².